The first-order valence-electron chi connectivity index (χ1n) is 6.06. The molecule has 98 valence electrons. The van der Waals surface area contributed by atoms with E-state index in [-0.39, 0.29) is 6.04 Å². The van der Waals surface area contributed by atoms with Gasteiger partial charge in [-0.25, -0.2) is 4.98 Å². The van der Waals surface area contributed by atoms with Crippen LogP contribution >= 0.6 is 22.9 Å². The maximum Gasteiger partial charge on any atom is 0.201 e. The molecule has 0 aliphatic carbocycles. The molecule has 0 saturated carbocycles. The van der Waals surface area contributed by atoms with E-state index >= 15 is 0 Å². The first-order valence-corrected chi connectivity index (χ1v) is 7.25. The molecule has 1 aromatic carbocycles. The second-order valence-corrected chi connectivity index (χ2v) is 6.35. The molecule has 0 saturated heterocycles. The minimum atomic E-state index is 0.128. The van der Waals surface area contributed by atoms with Crippen LogP contribution in [0.1, 0.15) is 23.4 Å². The van der Waals surface area contributed by atoms with Crippen LogP contribution in [-0.2, 0) is 0 Å². The Balaban J connectivity index is 2.22. The van der Waals surface area contributed by atoms with Crippen molar-refractivity contribution in [1.82, 2.24) is 9.55 Å². The summed E-state index contributed by atoms with van der Waals surface area (Å²) in [6, 6.07) is 10.2. The molecule has 0 bridgehead atoms. The molecule has 2 N–H and O–H groups in total. The minimum Gasteiger partial charge on any atom is -0.369 e. The molecule has 1 atom stereocenters. The van der Waals surface area contributed by atoms with E-state index in [0.29, 0.717) is 5.95 Å². The van der Waals surface area contributed by atoms with Crippen molar-refractivity contribution in [1.29, 1.82) is 0 Å². The predicted molar refractivity (Wildman–Crippen MR) is 82.0 cm³/mol. The highest BCUT2D eigenvalue weighted by atomic mass is 35.5. The zero-order valence-corrected chi connectivity index (χ0v) is 12.3. The number of fused-ring (bicyclic) bond motifs is 1. The van der Waals surface area contributed by atoms with Crippen LogP contribution < -0.4 is 5.73 Å². The number of halogens is 1. The number of aromatic nitrogens is 2. The third kappa shape index (κ3) is 2.01. The summed E-state index contributed by atoms with van der Waals surface area (Å²) in [6.45, 7) is 4.19. The molecule has 0 spiro atoms. The predicted octanol–water partition coefficient (Wildman–Crippen LogP) is 4.25. The number of anilines is 1. The summed E-state index contributed by atoms with van der Waals surface area (Å²) in [4.78, 5) is 5.62. The molecule has 0 radical (unpaired) electrons. The van der Waals surface area contributed by atoms with Crippen LogP contribution in [0.2, 0.25) is 4.34 Å². The van der Waals surface area contributed by atoms with E-state index in [1.54, 1.807) is 11.3 Å². The Morgan fingerprint density at radius 3 is 2.79 bits per heavy atom. The number of imidazole rings is 1. The molecule has 3 aromatic rings. The lowest BCUT2D eigenvalue weighted by Crippen LogP contribution is -2.09. The van der Waals surface area contributed by atoms with E-state index in [0.717, 1.165) is 15.4 Å². The zero-order chi connectivity index (χ0) is 13.6. The molecular formula is C14H14ClN3S. The highest BCUT2D eigenvalue weighted by Gasteiger charge is 2.18. The Labute approximate surface area is 120 Å². The third-order valence-electron chi connectivity index (χ3n) is 3.33. The summed E-state index contributed by atoms with van der Waals surface area (Å²) in [5.74, 6) is 0.543. The smallest absolute Gasteiger partial charge is 0.201 e. The first kappa shape index (κ1) is 12.5. The SMILES string of the molecule is Cc1cccc2nc(N)n(C(C)c3ccc(Cl)s3)c12. The fraction of sp³-hybridized carbons (Fsp3) is 0.214. The van der Waals surface area contributed by atoms with E-state index in [1.165, 1.54) is 10.4 Å². The number of hydrogen-bond donors (Lipinski definition) is 1. The molecule has 3 nitrogen and oxygen atoms in total. The highest BCUT2D eigenvalue weighted by molar-refractivity contribution is 7.16. The normalized spacial score (nSPS) is 13.0. The number of para-hydroxylation sites is 1. The van der Waals surface area contributed by atoms with Crippen molar-refractivity contribution in [2.45, 2.75) is 19.9 Å². The van der Waals surface area contributed by atoms with Crippen LogP contribution in [0.25, 0.3) is 11.0 Å². The molecule has 1 unspecified atom stereocenters. The second kappa shape index (κ2) is 4.54. The molecule has 2 aromatic heterocycles. The second-order valence-electron chi connectivity index (χ2n) is 4.60. The van der Waals surface area contributed by atoms with E-state index in [1.807, 2.05) is 24.3 Å². The van der Waals surface area contributed by atoms with Crippen molar-refractivity contribution in [3.8, 4) is 0 Å². The zero-order valence-electron chi connectivity index (χ0n) is 10.7. The topological polar surface area (TPSA) is 43.8 Å². The first-order chi connectivity index (χ1) is 9.08. The summed E-state index contributed by atoms with van der Waals surface area (Å²) in [5.41, 5.74) is 9.30. The van der Waals surface area contributed by atoms with Crippen molar-refractivity contribution in [3.05, 3.63) is 45.1 Å². The van der Waals surface area contributed by atoms with Gasteiger partial charge in [0.25, 0.3) is 0 Å². The summed E-state index contributed by atoms with van der Waals surface area (Å²) >= 11 is 7.60. The lowest BCUT2D eigenvalue weighted by atomic mass is 10.2. The van der Waals surface area contributed by atoms with Gasteiger partial charge in [0.2, 0.25) is 5.95 Å². The minimum absolute atomic E-state index is 0.128. The number of hydrogen-bond acceptors (Lipinski definition) is 3. The summed E-state index contributed by atoms with van der Waals surface area (Å²) in [6.07, 6.45) is 0. The quantitative estimate of drug-likeness (QED) is 0.767. The fourth-order valence-electron chi connectivity index (χ4n) is 2.41. The van der Waals surface area contributed by atoms with Gasteiger partial charge in [-0.3, -0.25) is 0 Å². The molecule has 19 heavy (non-hydrogen) atoms. The standard InChI is InChI=1S/C14H14ClN3S/c1-8-4-3-5-10-13(8)18(14(16)17-10)9(2)11-6-7-12(15)19-11/h3-7,9H,1-2H3,(H2,16,17). The van der Waals surface area contributed by atoms with E-state index < -0.39 is 0 Å². The van der Waals surface area contributed by atoms with E-state index in [4.69, 9.17) is 17.3 Å². The number of nitrogens with zero attached hydrogens (tertiary/aromatic N) is 2. The lowest BCUT2D eigenvalue weighted by Gasteiger charge is -2.15. The largest absolute Gasteiger partial charge is 0.369 e. The van der Waals surface area contributed by atoms with Gasteiger partial charge in [0.05, 0.1) is 21.4 Å². The van der Waals surface area contributed by atoms with Gasteiger partial charge >= 0.3 is 0 Å². The molecule has 3 rings (SSSR count). The molecule has 0 fully saturated rings. The van der Waals surface area contributed by atoms with Crippen LogP contribution in [-0.4, -0.2) is 9.55 Å². The number of thiophene rings is 1. The van der Waals surface area contributed by atoms with Gasteiger partial charge in [-0.05, 0) is 37.6 Å². The van der Waals surface area contributed by atoms with Crippen molar-refractivity contribution < 1.29 is 0 Å². The third-order valence-corrected chi connectivity index (χ3v) is 4.73. The van der Waals surface area contributed by atoms with Crippen LogP contribution in [0.5, 0.6) is 0 Å². The maximum absolute atomic E-state index is 6.09. The van der Waals surface area contributed by atoms with Gasteiger partial charge in [0, 0.05) is 4.88 Å². The highest BCUT2D eigenvalue weighted by Crippen LogP contribution is 2.33. The number of nitrogen functional groups attached to an aromatic ring is 1. The Hall–Kier alpha value is -1.52. The molecule has 0 aliphatic heterocycles. The molecule has 2 heterocycles. The van der Waals surface area contributed by atoms with Crippen LogP contribution in [0, 0.1) is 6.92 Å². The van der Waals surface area contributed by atoms with E-state index in [9.17, 15) is 0 Å². The Morgan fingerprint density at radius 1 is 1.32 bits per heavy atom. The number of rotatable bonds is 2. The fourth-order valence-corrected chi connectivity index (χ4v) is 3.51. The number of aryl methyl sites for hydroxylation is 1. The summed E-state index contributed by atoms with van der Waals surface area (Å²) in [5, 5.41) is 0. The lowest BCUT2D eigenvalue weighted by molar-refractivity contribution is 0.679. The van der Waals surface area contributed by atoms with E-state index in [2.05, 4.69) is 29.5 Å². The Bertz CT molecular complexity index is 744. The average molecular weight is 292 g/mol. The van der Waals surface area contributed by atoms with Crippen molar-refractivity contribution in [2.75, 3.05) is 5.73 Å². The Kier molecular flexibility index (Phi) is 2.99. The number of benzene rings is 1. The molecule has 0 amide bonds. The van der Waals surface area contributed by atoms with Gasteiger partial charge in [-0.2, -0.15) is 0 Å². The van der Waals surface area contributed by atoms with Gasteiger partial charge in [-0.15, -0.1) is 11.3 Å². The molecule has 5 heteroatoms. The van der Waals surface area contributed by atoms with Gasteiger partial charge < -0.3 is 10.3 Å². The molecular weight excluding hydrogens is 278 g/mol. The maximum atomic E-state index is 6.09. The van der Waals surface area contributed by atoms with Crippen molar-refractivity contribution in [3.63, 3.8) is 0 Å². The summed E-state index contributed by atoms with van der Waals surface area (Å²) in [7, 11) is 0. The monoisotopic (exact) mass is 291 g/mol. The van der Waals surface area contributed by atoms with Crippen LogP contribution in [0.4, 0.5) is 5.95 Å². The van der Waals surface area contributed by atoms with Gasteiger partial charge in [0.15, 0.2) is 0 Å². The average Bonchev–Trinajstić information content (AvgIpc) is 2.92. The molecule has 0 aliphatic rings. The Morgan fingerprint density at radius 2 is 2.11 bits per heavy atom. The van der Waals surface area contributed by atoms with Gasteiger partial charge in [-0.1, -0.05) is 23.7 Å². The van der Waals surface area contributed by atoms with Crippen molar-refractivity contribution >= 4 is 39.9 Å². The van der Waals surface area contributed by atoms with Crippen LogP contribution in [0.3, 0.4) is 0 Å². The van der Waals surface area contributed by atoms with Crippen LogP contribution in [0.15, 0.2) is 30.3 Å². The number of nitrogens with two attached hydrogens (primary N) is 1. The van der Waals surface area contributed by atoms with Gasteiger partial charge in [0.1, 0.15) is 0 Å². The summed E-state index contributed by atoms with van der Waals surface area (Å²) < 4.78 is 2.87. The van der Waals surface area contributed by atoms with Crippen molar-refractivity contribution in [2.24, 2.45) is 0 Å².